The third-order valence-corrected chi connectivity index (χ3v) is 5.47. The molecule has 1 saturated heterocycles. The summed E-state index contributed by atoms with van der Waals surface area (Å²) in [4.78, 5) is 49.6. The van der Waals surface area contributed by atoms with Crippen LogP contribution in [-0.2, 0) is 19.2 Å². The Morgan fingerprint density at radius 1 is 1.21 bits per heavy atom. The highest BCUT2D eigenvalue weighted by Crippen LogP contribution is 2.17. The van der Waals surface area contributed by atoms with Gasteiger partial charge in [0.25, 0.3) is 0 Å². The van der Waals surface area contributed by atoms with Crippen LogP contribution in [-0.4, -0.2) is 83.5 Å². The van der Waals surface area contributed by atoms with Crippen LogP contribution in [0.4, 0.5) is 0 Å². The molecule has 0 spiro atoms. The maximum absolute atomic E-state index is 12.6. The number of rotatable bonds is 13. The van der Waals surface area contributed by atoms with E-state index in [1.54, 1.807) is 11.8 Å². The number of hydrogen-bond donors (Lipinski definition) is 5. The van der Waals surface area contributed by atoms with E-state index in [1.807, 2.05) is 6.26 Å². The molecular weight excluding hydrogens is 398 g/mol. The Hall–Kier alpha value is -1.85. The molecule has 1 rings (SSSR count). The van der Waals surface area contributed by atoms with Crippen molar-refractivity contribution in [1.29, 1.82) is 0 Å². The van der Waals surface area contributed by atoms with Crippen LogP contribution in [0.2, 0.25) is 0 Å². The molecule has 7 N–H and O–H groups in total. The fourth-order valence-corrected chi connectivity index (χ4v) is 3.62. The van der Waals surface area contributed by atoms with Crippen molar-refractivity contribution in [2.24, 2.45) is 11.5 Å². The third kappa shape index (κ3) is 8.58. The summed E-state index contributed by atoms with van der Waals surface area (Å²) in [7, 11) is 0. The van der Waals surface area contributed by atoms with Crippen molar-refractivity contribution in [2.75, 3.05) is 31.6 Å². The maximum Gasteiger partial charge on any atom is 0.326 e. The number of carbonyl (C=O) groups excluding carboxylic acids is 3. The van der Waals surface area contributed by atoms with Gasteiger partial charge in [-0.2, -0.15) is 11.8 Å². The first kappa shape index (κ1) is 25.2. The van der Waals surface area contributed by atoms with Crippen molar-refractivity contribution in [2.45, 2.75) is 56.7 Å². The van der Waals surface area contributed by atoms with Gasteiger partial charge < -0.3 is 32.1 Å². The Balaban J connectivity index is 2.62. The fraction of sp³-hybridized carbons (Fsp3) is 0.778. The minimum absolute atomic E-state index is 0.315. The number of amides is 3. The van der Waals surface area contributed by atoms with Gasteiger partial charge in [0.15, 0.2) is 0 Å². The topological polar surface area (TPSA) is 168 Å². The number of nitrogens with one attached hydrogen (secondary N) is 2. The second kappa shape index (κ2) is 13.4. The zero-order valence-corrected chi connectivity index (χ0v) is 17.7. The number of carbonyl (C=O) groups is 4. The summed E-state index contributed by atoms with van der Waals surface area (Å²) in [6, 6.07) is -2.39. The van der Waals surface area contributed by atoms with Gasteiger partial charge in [-0.3, -0.25) is 14.4 Å². The number of carboxylic acid groups (broad SMARTS) is 1. The third-order valence-electron chi connectivity index (χ3n) is 4.82. The second-order valence-electron chi connectivity index (χ2n) is 7.03. The average molecular weight is 432 g/mol. The van der Waals surface area contributed by atoms with E-state index in [1.165, 1.54) is 4.90 Å². The second-order valence-corrected chi connectivity index (χ2v) is 8.02. The van der Waals surface area contributed by atoms with Crippen LogP contribution in [0.3, 0.4) is 0 Å². The summed E-state index contributed by atoms with van der Waals surface area (Å²) in [5.74, 6) is -1.68. The molecule has 166 valence electrons. The number of carboxylic acids is 1. The molecule has 3 amide bonds. The zero-order valence-electron chi connectivity index (χ0n) is 16.9. The molecule has 1 aliphatic rings. The molecule has 0 radical (unpaired) electrons. The summed E-state index contributed by atoms with van der Waals surface area (Å²) in [5, 5.41) is 14.4. The molecule has 10 nitrogen and oxygen atoms in total. The van der Waals surface area contributed by atoms with Crippen LogP contribution in [0.25, 0.3) is 0 Å². The van der Waals surface area contributed by atoms with E-state index in [0.29, 0.717) is 51.6 Å². The number of likely N-dealkylation sites (tertiary alicyclic amines) is 1. The highest BCUT2D eigenvalue weighted by atomic mass is 32.2. The van der Waals surface area contributed by atoms with E-state index >= 15 is 0 Å². The van der Waals surface area contributed by atoms with Gasteiger partial charge in [0.1, 0.15) is 12.1 Å². The summed E-state index contributed by atoms with van der Waals surface area (Å²) < 4.78 is 0. The maximum atomic E-state index is 12.6. The molecule has 0 bridgehead atoms. The predicted octanol–water partition coefficient (Wildman–Crippen LogP) is -1.13. The van der Waals surface area contributed by atoms with Gasteiger partial charge in [-0.1, -0.05) is 0 Å². The van der Waals surface area contributed by atoms with E-state index < -0.39 is 41.8 Å². The minimum Gasteiger partial charge on any atom is -0.480 e. The van der Waals surface area contributed by atoms with Gasteiger partial charge in [-0.25, -0.2) is 4.79 Å². The number of unbranched alkanes of at least 4 members (excludes halogenated alkanes) is 1. The summed E-state index contributed by atoms with van der Waals surface area (Å²) in [6.45, 7) is 0.510. The zero-order chi connectivity index (χ0) is 21.8. The average Bonchev–Trinajstić information content (AvgIpc) is 3.19. The van der Waals surface area contributed by atoms with Gasteiger partial charge in [-0.15, -0.1) is 0 Å². The summed E-state index contributed by atoms with van der Waals surface area (Å²) in [5.41, 5.74) is 11.4. The van der Waals surface area contributed by atoms with Gasteiger partial charge >= 0.3 is 5.97 Å². The Morgan fingerprint density at radius 2 is 1.93 bits per heavy atom. The van der Waals surface area contributed by atoms with Crippen LogP contribution in [0, 0.1) is 0 Å². The van der Waals surface area contributed by atoms with Crippen molar-refractivity contribution < 1.29 is 24.3 Å². The largest absolute Gasteiger partial charge is 0.480 e. The molecule has 0 aliphatic carbocycles. The van der Waals surface area contributed by atoms with Crippen LogP contribution in [0.1, 0.15) is 38.5 Å². The molecule has 3 unspecified atom stereocenters. The highest BCUT2D eigenvalue weighted by molar-refractivity contribution is 7.98. The smallest absolute Gasteiger partial charge is 0.326 e. The normalized spacial score (nSPS) is 18.2. The standard InChI is InChI=1S/C18H33N5O5S/c1-29-10-7-12(20)16(25)22-13(5-2-3-8-19)17(26)21-11-15(24)23-9-4-6-14(23)18(27)28/h12-14H,2-11,19-20H2,1H3,(H,21,26)(H,22,25)(H,27,28). The van der Waals surface area contributed by atoms with Crippen molar-refractivity contribution >= 4 is 35.5 Å². The van der Waals surface area contributed by atoms with E-state index in [0.717, 1.165) is 5.75 Å². The predicted molar refractivity (Wildman–Crippen MR) is 111 cm³/mol. The minimum atomic E-state index is -1.05. The SMILES string of the molecule is CSCCC(N)C(=O)NC(CCCCN)C(=O)NCC(=O)N1CCCC1C(=O)O. The van der Waals surface area contributed by atoms with Gasteiger partial charge in [-0.05, 0) is 57.1 Å². The Morgan fingerprint density at radius 3 is 2.55 bits per heavy atom. The monoisotopic (exact) mass is 431 g/mol. The van der Waals surface area contributed by atoms with E-state index in [-0.39, 0.29) is 6.54 Å². The molecule has 0 aromatic rings. The molecule has 0 saturated carbocycles. The van der Waals surface area contributed by atoms with Gasteiger partial charge in [0, 0.05) is 6.54 Å². The van der Waals surface area contributed by atoms with Crippen LogP contribution < -0.4 is 22.1 Å². The molecule has 1 heterocycles. The van der Waals surface area contributed by atoms with Crippen molar-refractivity contribution in [3.63, 3.8) is 0 Å². The lowest BCUT2D eigenvalue weighted by atomic mass is 10.1. The molecule has 29 heavy (non-hydrogen) atoms. The number of hydrogen-bond acceptors (Lipinski definition) is 7. The molecule has 0 aromatic carbocycles. The first-order valence-electron chi connectivity index (χ1n) is 9.86. The number of nitrogens with two attached hydrogens (primary N) is 2. The highest BCUT2D eigenvalue weighted by Gasteiger charge is 2.34. The number of thioether (sulfide) groups is 1. The molecule has 1 fully saturated rings. The fourth-order valence-electron chi connectivity index (χ4n) is 3.13. The Kier molecular flexibility index (Phi) is 11.6. The lowest BCUT2D eigenvalue weighted by molar-refractivity contribution is -0.148. The number of nitrogens with zero attached hydrogens (tertiary/aromatic N) is 1. The van der Waals surface area contributed by atoms with Crippen LogP contribution >= 0.6 is 11.8 Å². The quantitative estimate of drug-likeness (QED) is 0.228. The summed E-state index contributed by atoms with van der Waals surface area (Å²) >= 11 is 1.58. The molecule has 3 atom stereocenters. The Labute approximate surface area is 175 Å². The van der Waals surface area contributed by atoms with Crippen LogP contribution in [0.15, 0.2) is 0 Å². The Bertz CT molecular complexity index is 577. The number of aliphatic carboxylic acids is 1. The molecule has 1 aliphatic heterocycles. The van der Waals surface area contributed by atoms with Gasteiger partial charge in [0.05, 0.1) is 12.6 Å². The van der Waals surface area contributed by atoms with Gasteiger partial charge in [0.2, 0.25) is 17.7 Å². The first-order chi connectivity index (χ1) is 13.8. The van der Waals surface area contributed by atoms with E-state index in [2.05, 4.69) is 10.6 Å². The summed E-state index contributed by atoms with van der Waals surface area (Å²) in [6.07, 6.45) is 5.14. The lowest BCUT2D eigenvalue weighted by Crippen LogP contribution is -2.53. The van der Waals surface area contributed by atoms with Crippen molar-refractivity contribution in [3.05, 3.63) is 0 Å². The lowest BCUT2D eigenvalue weighted by Gasteiger charge is -2.23. The van der Waals surface area contributed by atoms with E-state index in [9.17, 15) is 24.3 Å². The van der Waals surface area contributed by atoms with Crippen molar-refractivity contribution in [1.82, 2.24) is 15.5 Å². The molecular formula is C18H33N5O5S. The molecule has 0 aromatic heterocycles. The van der Waals surface area contributed by atoms with Crippen LogP contribution in [0.5, 0.6) is 0 Å². The van der Waals surface area contributed by atoms with Crippen molar-refractivity contribution in [3.8, 4) is 0 Å². The first-order valence-corrected chi connectivity index (χ1v) is 11.3. The van der Waals surface area contributed by atoms with E-state index in [4.69, 9.17) is 11.5 Å². The molecule has 11 heteroatoms.